The van der Waals surface area contributed by atoms with Crippen LogP contribution in [0.15, 0.2) is 53.4 Å². The van der Waals surface area contributed by atoms with E-state index in [1.54, 1.807) is 12.1 Å². The fourth-order valence-corrected chi connectivity index (χ4v) is 5.12. The Bertz CT molecular complexity index is 870. The number of nitrogens with one attached hydrogen (secondary N) is 1. The predicted molar refractivity (Wildman–Crippen MR) is 114 cm³/mol. The lowest BCUT2D eigenvalue weighted by atomic mass is 10.2. The number of hydrogen-bond donors (Lipinski definition) is 1. The molecule has 0 unspecified atom stereocenters. The zero-order chi connectivity index (χ0) is 20.0. The number of halogens is 2. The summed E-state index contributed by atoms with van der Waals surface area (Å²) < 4.78 is 27.4. The molecule has 5 nitrogen and oxygen atoms in total. The Morgan fingerprint density at radius 2 is 1.57 bits per heavy atom. The monoisotopic (exact) mass is 441 g/mol. The van der Waals surface area contributed by atoms with Gasteiger partial charge in [-0.25, -0.2) is 13.1 Å². The Kier molecular flexibility index (Phi) is 7.74. The van der Waals surface area contributed by atoms with Gasteiger partial charge in [0, 0.05) is 39.3 Å². The van der Waals surface area contributed by atoms with Crippen LogP contribution in [0.2, 0.25) is 10.0 Å². The lowest BCUT2D eigenvalue weighted by Gasteiger charge is -2.34. The van der Waals surface area contributed by atoms with E-state index in [1.807, 2.05) is 6.07 Å². The van der Waals surface area contributed by atoms with Gasteiger partial charge in [0.05, 0.1) is 10.0 Å². The van der Waals surface area contributed by atoms with Gasteiger partial charge in [-0.1, -0.05) is 59.6 Å². The molecule has 0 amide bonds. The van der Waals surface area contributed by atoms with Crippen molar-refractivity contribution in [3.8, 4) is 0 Å². The van der Waals surface area contributed by atoms with Gasteiger partial charge in [0.2, 0.25) is 10.0 Å². The first-order valence-corrected chi connectivity index (χ1v) is 11.6. The maximum Gasteiger partial charge on any atom is 0.242 e. The standard InChI is InChI=1S/C20H25Cl2N3O2S/c21-18-8-4-9-19(20(18)22)28(26,27)23-10-5-11-24-12-14-25(15-13-24)16-17-6-2-1-3-7-17/h1-4,6-9,23H,5,10-16H2. The largest absolute Gasteiger partial charge is 0.301 e. The van der Waals surface area contributed by atoms with E-state index in [4.69, 9.17) is 23.2 Å². The van der Waals surface area contributed by atoms with Crippen LogP contribution >= 0.6 is 23.2 Å². The third-order valence-electron chi connectivity index (χ3n) is 4.86. The number of piperazine rings is 1. The average molecular weight is 442 g/mol. The molecule has 152 valence electrons. The lowest BCUT2D eigenvalue weighted by molar-refractivity contribution is 0.126. The zero-order valence-electron chi connectivity index (χ0n) is 15.7. The van der Waals surface area contributed by atoms with Gasteiger partial charge in [0.15, 0.2) is 0 Å². The van der Waals surface area contributed by atoms with E-state index < -0.39 is 10.0 Å². The summed E-state index contributed by atoms with van der Waals surface area (Å²) in [5.74, 6) is 0. The molecule has 28 heavy (non-hydrogen) atoms. The molecule has 0 aromatic heterocycles. The summed E-state index contributed by atoms with van der Waals surface area (Å²) in [4.78, 5) is 4.86. The summed E-state index contributed by atoms with van der Waals surface area (Å²) >= 11 is 11.9. The number of hydrogen-bond acceptors (Lipinski definition) is 4. The quantitative estimate of drug-likeness (QED) is 0.637. The Morgan fingerprint density at radius 3 is 2.29 bits per heavy atom. The molecule has 1 N–H and O–H groups in total. The van der Waals surface area contributed by atoms with Crippen molar-refractivity contribution in [2.45, 2.75) is 17.9 Å². The average Bonchev–Trinajstić information content (AvgIpc) is 2.69. The second kappa shape index (κ2) is 10.1. The Morgan fingerprint density at radius 1 is 0.893 bits per heavy atom. The maximum absolute atomic E-state index is 12.4. The highest BCUT2D eigenvalue weighted by atomic mass is 35.5. The van der Waals surface area contributed by atoms with E-state index in [1.165, 1.54) is 11.6 Å². The molecule has 2 aromatic rings. The first kappa shape index (κ1) is 21.6. The summed E-state index contributed by atoms with van der Waals surface area (Å²) in [6.07, 6.45) is 0.746. The molecule has 0 saturated carbocycles. The predicted octanol–water partition coefficient (Wildman–Crippen LogP) is 3.48. The molecule has 0 bridgehead atoms. The summed E-state index contributed by atoms with van der Waals surface area (Å²) in [6, 6.07) is 15.1. The van der Waals surface area contributed by atoms with Gasteiger partial charge in [-0.2, -0.15) is 0 Å². The minimum absolute atomic E-state index is 0.0243. The van der Waals surface area contributed by atoms with Gasteiger partial charge in [-0.05, 0) is 30.7 Å². The maximum atomic E-state index is 12.4. The topological polar surface area (TPSA) is 52.7 Å². The van der Waals surface area contributed by atoms with E-state index in [9.17, 15) is 8.42 Å². The van der Waals surface area contributed by atoms with E-state index >= 15 is 0 Å². The minimum Gasteiger partial charge on any atom is -0.301 e. The van der Waals surface area contributed by atoms with Crippen molar-refractivity contribution in [2.75, 3.05) is 39.3 Å². The summed E-state index contributed by atoms with van der Waals surface area (Å²) in [7, 11) is -3.65. The first-order valence-electron chi connectivity index (χ1n) is 9.38. The van der Waals surface area contributed by atoms with Crippen molar-refractivity contribution in [1.29, 1.82) is 0 Å². The molecule has 1 saturated heterocycles. The molecule has 1 aliphatic heterocycles. The third kappa shape index (κ3) is 5.92. The Hall–Kier alpha value is -1.15. The van der Waals surface area contributed by atoms with E-state index in [2.05, 4.69) is 38.8 Å². The normalized spacial score (nSPS) is 16.4. The zero-order valence-corrected chi connectivity index (χ0v) is 18.0. The van der Waals surface area contributed by atoms with Gasteiger partial charge >= 0.3 is 0 Å². The van der Waals surface area contributed by atoms with Crippen molar-refractivity contribution in [3.63, 3.8) is 0 Å². The van der Waals surface area contributed by atoms with Crippen LogP contribution in [0.25, 0.3) is 0 Å². The number of sulfonamides is 1. The minimum atomic E-state index is -3.65. The van der Waals surface area contributed by atoms with Crippen LogP contribution in [-0.4, -0.2) is 57.5 Å². The van der Waals surface area contributed by atoms with E-state index in [0.29, 0.717) is 6.54 Å². The van der Waals surface area contributed by atoms with Crippen molar-refractivity contribution < 1.29 is 8.42 Å². The van der Waals surface area contributed by atoms with Gasteiger partial charge in [-0.15, -0.1) is 0 Å². The fourth-order valence-electron chi connectivity index (χ4n) is 3.29. The van der Waals surface area contributed by atoms with Gasteiger partial charge in [0.1, 0.15) is 4.90 Å². The molecule has 1 fully saturated rings. The third-order valence-corrected chi connectivity index (χ3v) is 7.30. The number of nitrogens with zero attached hydrogens (tertiary/aromatic N) is 2. The van der Waals surface area contributed by atoms with Crippen LogP contribution in [0.5, 0.6) is 0 Å². The molecule has 3 rings (SSSR count). The van der Waals surface area contributed by atoms with Crippen LogP contribution in [-0.2, 0) is 16.6 Å². The molecule has 0 spiro atoms. The van der Waals surface area contributed by atoms with Crippen LogP contribution < -0.4 is 4.72 Å². The van der Waals surface area contributed by atoms with Crippen molar-refractivity contribution in [2.24, 2.45) is 0 Å². The SMILES string of the molecule is O=S(=O)(NCCCN1CCN(Cc2ccccc2)CC1)c1cccc(Cl)c1Cl. The van der Waals surface area contributed by atoms with Gasteiger partial charge in [0.25, 0.3) is 0 Å². The lowest BCUT2D eigenvalue weighted by Crippen LogP contribution is -2.46. The highest BCUT2D eigenvalue weighted by molar-refractivity contribution is 7.89. The fraction of sp³-hybridized carbons (Fsp3) is 0.400. The molecular formula is C20H25Cl2N3O2S. The van der Waals surface area contributed by atoms with Crippen LogP contribution in [0, 0.1) is 0 Å². The van der Waals surface area contributed by atoms with Crippen LogP contribution in [0.3, 0.4) is 0 Å². The second-order valence-electron chi connectivity index (χ2n) is 6.91. The summed E-state index contributed by atoms with van der Waals surface area (Å²) in [6.45, 7) is 6.27. The summed E-state index contributed by atoms with van der Waals surface area (Å²) in [5, 5.41) is 0.295. The van der Waals surface area contributed by atoms with Crippen LogP contribution in [0.4, 0.5) is 0 Å². The number of rotatable bonds is 8. The molecule has 8 heteroatoms. The Labute approximate surface area is 177 Å². The first-order chi connectivity index (χ1) is 13.5. The summed E-state index contributed by atoms with van der Waals surface area (Å²) in [5.41, 5.74) is 1.34. The molecule has 0 radical (unpaired) electrons. The Balaban J connectivity index is 1.38. The molecular weight excluding hydrogens is 417 g/mol. The molecule has 0 aliphatic carbocycles. The van der Waals surface area contributed by atoms with Crippen molar-refractivity contribution >= 4 is 33.2 Å². The highest BCUT2D eigenvalue weighted by Crippen LogP contribution is 2.28. The van der Waals surface area contributed by atoms with E-state index in [0.717, 1.165) is 45.7 Å². The second-order valence-corrected chi connectivity index (χ2v) is 9.43. The van der Waals surface area contributed by atoms with Crippen molar-refractivity contribution in [1.82, 2.24) is 14.5 Å². The molecule has 2 aromatic carbocycles. The molecule has 1 heterocycles. The van der Waals surface area contributed by atoms with Crippen molar-refractivity contribution in [3.05, 3.63) is 64.1 Å². The molecule has 0 atom stereocenters. The van der Waals surface area contributed by atoms with E-state index in [-0.39, 0.29) is 14.9 Å². The van der Waals surface area contributed by atoms with Gasteiger partial charge in [-0.3, -0.25) is 4.90 Å². The smallest absolute Gasteiger partial charge is 0.242 e. The van der Waals surface area contributed by atoms with Gasteiger partial charge < -0.3 is 4.90 Å². The number of benzene rings is 2. The molecule has 1 aliphatic rings. The highest BCUT2D eigenvalue weighted by Gasteiger charge is 2.20. The van der Waals surface area contributed by atoms with Crippen LogP contribution in [0.1, 0.15) is 12.0 Å².